The van der Waals surface area contributed by atoms with Crippen LogP contribution in [-0.4, -0.2) is 52.1 Å². The molecular weight excluding hydrogens is 276 g/mol. The summed E-state index contributed by atoms with van der Waals surface area (Å²) in [6.45, 7) is 6.96. The Morgan fingerprint density at radius 3 is 2.75 bits per heavy atom. The molecule has 5 nitrogen and oxygen atoms in total. The standard InChI is InChI=1S/C14H26N2O3S/c1-4-10(2)7-11(3)15-14(19)16-5-6-20-9-12(16)8-13(17)18/h10-12H,4-9H2,1-3H3,(H,15,19)(H,17,18). The van der Waals surface area contributed by atoms with Crippen LogP contribution < -0.4 is 5.32 Å². The predicted molar refractivity (Wildman–Crippen MR) is 82.1 cm³/mol. The number of rotatable bonds is 6. The summed E-state index contributed by atoms with van der Waals surface area (Å²) in [5.41, 5.74) is 0. The van der Waals surface area contributed by atoms with Gasteiger partial charge in [0.15, 0.2) is 0 Å². The molecule has 6 heteroatoms. The van der Waals surface area contributed by atoms with Gasteiger partial charge in [-0.1, -0.05) is 20.3 Å². The maximum atomic E-state index is 12.3. The first kappa shape index (κ1) is 17.1. The molecular formula is C14H26N2O3S. The number of carboxylic acid groups (broad SMARTS) is 1. The highest BCUT2D eigenvalue weighted by atomic mass is 32.2. The number of nitrogens with zero attached hydrogens (tertiary/aromatic N) is 1. The van der Waals surface area contributed by atoms with E-state index in [9.17, 15) is 9.59 Å². The van der Waals surface area contributed by atoms with Gasteiger partial charge in [-0.05, 0) is 19.3 Å². The average Bonchev–Trinajstić information content (AvgIpc) is 2.38. The minimum absolute atomic E-state index is 0.0279. The van der Waals surface area contributed by atoms with E-state index in [0.29, 0.717) is 18.2 Å². The van der Waals surface area contributed by atoms with Crippen LogP contribution in [0, 0.1) is 5.92 Å². The molecule has 0 bridgehead atoms. The maximum Gasteiger partial charge on any atom is 0.317 e. The lowest BCUT2D eigenvalue weighted by molar-refractivity contribution is -0.137. The highest BCUT2D eigenvalue weighted by Crippen LogP contribution is 2.19. The van der Waals surface area contributed by atoms with Crippen molar-refractivity contribution >= 4 is 23.8 Å². The number of hydrogen-bond acceptors (Lipinski definition) is 3. The first-order chi connectivity index (χ1) is 9.43. The molecule has 116 valence electrons. The summed E-state index contributed by atoms with van der Waals surface area (Å²) in [5.74, 6) is 1.32. The summed E-state index contributed by atoms with van der Waals surface area (Å²) in [6, 6.07) is -0.188. The van der Waals surface area contributed by atoms with Crippen molar-refractivity contribution in [3.05, 3.63) is 0 Å². The maximum absolute atomic E-state index is 12.3. The second-order valence-corrected chi connectivity index (χ2v) is 6.77. The van der Waals surface area contributed by atoms with Gasteiger partial charge in [-0.25, -0.2) is 4.79 Å². The molecule has 0 radical (unpaired) electrons. The Labute approximate surface area is 125 Å². The highest BCUT2D eigenvalue weighted by molar-refractivity contribution is 7.99. The number of urea groups is 1. The van der Waals surface area contributed by atoms with Gasteiger partial charge < -0.3 is 15.3 Å². The SMILES string of the molecule is CCC(C)CC(C)NC(=O)N1CCSCC1CC(=O)O. The van der Waals surface area contributed by atoms with E-state index in [-0.39, 0.29) is 24.5 Å². The number of thioether (sulfide) groups is 1. The summed E-state index contributed by atoms with van der Waals surface area (Å²) in [5, 5.41) is 11.9. The van der Waals surface area contributed by atoms with Crippen LogP contribution in [0.25, 0.3) is 0 Å². The van der Waals surface area contributed by atoms with Gasteiger partial charge in [-0.2, -0.15) is 11.8 Å². The van der Waals surface area contributed by atoms with Crippen LogP contribution >= 0.6 is 11.8 Å². The van der Waals surface area contributed by atoms with Gasteiger partial charge in [-0.3, -0.25) is 4.79 Å². The Morgan fingerprint density at radius 2 is 2.15 bits per heavy atom. The zero-order valence-electron chi connectivity index (χ0n) is 12.6. The first-order valence-electron chi connectivity index (χ1n) is 7.30. The third kappa shape index (κ3) is 5.61. The molecule has 0 spiro atoms. The molecule has 1 fully saturated rings. The molecule has 1 heterocycles. The van der Waals surface area contributed by atoms with Crippen LogP contribution in [0.5, 0.6) is 0 Å². The molecule has 2 amide bonds. The van der Waals surface area contributed by atoms with E-state index in [1.807, 2.05) is 6.92 Å². The van der Waals surface area contributed by atoms with Gasteiger partial charge in [0.2, 0.25) is 0 Å². The summed E-state index contributed by atoms with van der Waals surface area (Å²) in [6.07, 6.45) is 2.08. The van der Waals surface area contributed by atoms with Crippen LogP contribution in [-0.2, 0) is 4.79 Å². The molecule has 3 atom stereocenters. The molecule has 1 saturated heterocycles. The second-order valence-electron chi connectivity index (χ2n) is 5.62. The Kier molecular flexibility index (Phi) is 7.19. The van der Waals surface area contributed by atoms with Crippen LogP contribution in [0.1, 0.15) is 40.0 Å². The number of carbonyl (C=O) groups is 2. The summed E-state index contributed by atoms with van der Waals surface area (Å²) in [4.78, 5) is 24.8. The highest BCUT2D eigenvalue weighted by Gasteiger charge is 2.29. The van der Waals surface area contributed by atoms with E-state index >= 15 is 0 Å². The van der Waals surface area contributed by atoms with Crippen LogP contribution in [0.2, 0.25) is 0 Å². The summed E-state index contributed by atoms with van der Waals surface area (Å²) >= 11 is 1.71. The van der Waals surface area contributed by atoms with Crippen molar-refractivity contribution in [3.8, 4) is 0 Å². The summed E-state index contributed by atoms with van der Waals surface area (Å²) < 4.78 is 0. The fraction of sp³-hybridized carbons (Fsp3) is 0.857. The van der Waals surface area contributed by atoms with Crippen molar-refractivity contribution in [1.29, 1.82) is 0 Å². The summed E-state index contributed by atoms with van der Waals surface area (Å²) in [7, 11) is 0. The Hall–Kier alpha value is -0.910. The van der Waals surface area contributed by atoms with E-state index in [0.717, 1.165) is 18.6 Å². The quantitative estimate of drug-likeness (QED) is 0.790. The van der Waals surface area contributed by atoms with Gasteiger partial charge in [0.05, 0.1) is 12.5 Å². The van der Waals surface area contributed by atoms with Crippen LogP contribution in [0.4, 0.5) is 4.79 Å². The van der Waals surface area contributed by atoms with Gasteiger partial charge in [-0.15, -0.1) is 0 Å². The lowest BCUT2D eigenvalue weighted by Gasteiger charge is -2.35. The lowest BCUT2D eigenvalue weighted by atomic mass is 10.0. The van der Waals surface area contributed by atoms with Crippen molar-refractivity contribution < 1.29 is 14.7 Å². The van der Waals surface area contributed by atoms with Crippen LogP contribution in [0.3, 0.4) is 0 Å². The molecule has 1 aliphatic rings. The van der Waals surface area contributed by atoms with E-state index in [1.54, 1.807) is 16.7 Å². The van der Waals surface area contributed by atoms with Gasteiger partial charge in [0.25, 0.3) is 0 Å². The zero-order valence-corrected chi connectivity index (χ0v) is 13.4. The zero-order chi connectivity index (χ0) is 15.1. The Balaban J connectivity index is 2.52. The minimum Gasteiger partial charge on any atom is -0.481 e. The van der Waals surface area contributed by atoms with Gasteiger partial charge in [0.1, 0.15) is 0 Å². The van der Waals surface area contributed by atoms with Gasteiger partial charge in [0, 0.05) is 24.1 Å². The Morgan fingerprint density at radius 1 is 1.45 bits per heavy atom. The molecule has 20 heavy (non-hydrogen) atoms. The molecule has 0 aromatic heterocycles. The van der Waals surface area contributed by atoms with E-state index in [1.165, 1.54) is 0 Å². The number of amides is 2. The molecule has 3 unspecified atom stereocenters. The molecule has 0 saturated carbocycles. The topological polar surface area (TPSA) is 69.6 Å². The molecule has 0 aliphatic carbocycles. The van der Waals surface area contributed by atoms with E-state index in [4.69, 9.17) is 5.11 Å². The van der Waals surface area contributed by atoms with Crippen LogP contribution in [0.15, 0.2) is 0 Å². The lowest BCUT2D eigenvalue weighted by Crippen LogP contribution is -2.53. The number of aliphatic carboxylic acids is 1. The Bertz CT molecular complexity index is 338. The minimum atomic E-state index is -0.844. The molecule has 1 aliphatic heterocycles. The smallest absolute Gasteiger partial charge is 0.317 e. The fourth-order valence-corrected chi connectivity index (χ4v) is 3.48. The molecule has 2 N–H and O–H groups in total. The van der Waals surface area contributed by atoms with Crippen molar-refractivity contribution in [2.24, 2.45) is 5.92 Å². The van der Waals surface area contributed by atoms with Crippen molar-refractivity contribution in [3.63, 3.8) is 0 Å². The molecule has 0 aromatic carbocycles. The van der Waals surface area contributed by atoms with Crippen molar-refractivity contribution in [2.75, 3.05) is 18.1 Å². The largest absolute Gasteiger partial charge is 0.481 e. The predicted octanol–water partition coefficient (Wildman–Crippen LogP) is 2.41. The second kappa shape index (κ2) is 8.39. The fourth-order valence-electron chi connectivity index (χ4n) is 2.42. The molecule has 0 aromatic rings. The first-order valence-corrected chi connectivity index (χ1v) is 8.46. The number of carboxylic acids is 1. The third-order valence-corrected chi connectivity index (χ3v) is 4.81. The van der Waals surface area contributed by atoms with Crippen molar-refractivity contribution in [2.45, 2.75) is 52.1 Å². The average molecular weight is 302 g/mol. The van der Waals surface area contributed by atoms with Crippen molar-refractivity contribution in [1.82, 2.24) is 10.2 Å². The molecule has 1 rings (SSSR count). The monoisotopic (exact) mass is 302 g/mol. The van der Waals surface area contributed by atoms with E-state index in [2.05, 4.69) is 19.2 Å². The number of carbonyl (C=O) groups excluding carboxylic acids is 1. The normalized spacial score (nSPS) is 22.1. The number of nitrogens with one attached hydrogen (secondary N) is 1. The van der Waals surface area contributed by atoms with E-state index < -0.39 is 5.97 Å². The van der Waals surface area contributed by atoms with Gasteiger partial charge >= 0.3 is 12.0 Å². The third-order valence-electron chi connectivity index (χ3n) is 3.72. The number of hydrogen-bond donors (Lipinski definition) is 2.